The molecule has 0 spiro atoms. The Bertz CT molecular complexity index is 1310. The topological polar surface area (TPSA) is 77.3 Å². The molecule has 0 amide bonds. The van der Waals surface area contributed by atoms with Crippen molar-refractivity contribution in [3.05, 3.63) is 115 Å². The molecular formula is C26H14Br2N2O4. The van der Waals surface area contributed by atoms with Gasteiger partial charge in [0.25, 0.3) is 0 Å². The minimum Gasteiger partial charge on any atom is -0.402 e. The zero-order valence-corrected chi connectivity index (χ0v) is 20.5. The number of esters is 2. The molecule has 0 aromatic heterocycles. The van der Waals surface area contributed by atoms with Gasteiger partial charge in [0.05, 0.1) is 0 Å². The highest BCUT2D eigenvalue weighted by atomic mass is 79.9. The predicted molar refractivity (Wildman–Crippen MR) is 136 cm³/mol. The van der Waals surface area contributed by atoms with Gasteiger partial charge in [-0.3, -0.25) is 0 Å². The maximum Gasteiger partial charge on any atom is 0.363 e. The van der Waals surface area contributed by atoms with Crippen molar-refractivity contribution in [2.75, 3.05) is 0 Å². The SMILES string of the molecule is O=C1OC(c2ccc(Br)cc2)=N/C1=C\c1ccc(/C=C2/N=C(c3ccc(Br)cc3)OC2=O)cc1. The molecule has 0 fully saturated rings. The third-order valence-electron chi connectivity index (χ3n) is 4.97. The van der Waals surface area contributed by atoms with Gasteiger partial charge in [0.15, 0.2) is 11.4 Å². The van der Waals surface area contributed by atoms with Gasteiger partial charge in [0.2, 0.25) is 11.8 Å². The van der Waals surface area contributed by atoms with Crippen LogP contribution in [0.1, 0.15) is 22.3 Å². The third kappa shape index (κ3) is 4.83. The highest BCUT2D eigenvalue weighted by molar-refractivity contribution is 9.10. The average Bonchev–Trinajstić information content (AvgIpc) is 3.38. The fourth-order valence-corrected chi connectivity index (χ4v) is 3.78. The van der Waals surface area contributed by atoms with Crippen LogP contribution in [0.3, 0.4) is 0 Å². The summed E-state index contributed by atoms with van der Waals surface area (Å²) in [5.74, 6) is -0.478. The Morgan fingerprint density at radius 2 is 0.912 bits per heavy atom. The van der Waals surface area contributed by atoms with Crippen LogP contribution in [0.5, 0.6) is 0 Å². The molecule has 0 radical (unpaired) electrons. The van der Waals surface area contributed by atoms with Crippen LogP contribution in [0.4, 0.5) is 0 Å². The van der Waals surface area contributed by atoms with Crippen LogP contribution in [0.25, 0.3) is 12.2 Å². The van der Waals surface area contributed by atoms with Gasteiger partial charge in [-0.05, 0) is 71.8 Å². The highest BCUT2D eigenvalue weighted by Gasteiger charge is 2.25. The summed E-state index contributed by atoms with van der Waals surface area (Å²) < 4.78 is 12.4. The number of halogens is 2. The van der Waals surface area contributed by atoms with E-state index in [0.717, 1.165) is 20.1 Å². The molecule has 34 heavy (non-hydrogen) atoms. The van der Waals surface area contributed by atoms with Crippen molar-refractivity contribution in [2.45, 2.75) is 0 Å². The Kier molecular flexibility index (Phi) is 6.08. The molecule has 0 saturated carbocycles. The molecule has 2 aliphatic rings. The van der Waals surface area contributed by atoms with Gasteiger partial charge in [-0.1, -0.05) is 56.1 Å². The van der Waals surface area contributed by atoms with Gasteiger partial charge >= 0.3 is 11.9 Å². The molecule has 2 heterocycles. The maximum atomic E-state index is 12.2. The first-order valence-corrected chi connectivity index (χ1v) is 11.7. The van der Waals surface area contributed by atoms with E-state index in [1.807, 2.05) is 72.8 Å². The van der Waals surface area contributed by atoms with Gasteiger partial charge < -0.3 is 9.47 Å². The number of hydrogen-bond acceptors (Lipinski definition) is 6. The first kappa shape index (κ1) is 22.2. The lowest BCUT2D eigenvalue weighted by Crippen LogP contribution is -2.05. The van der Waals surface area contributed by atoms with Crippen molar-refractivity contribution < 1.29 is 19.1 Å². The molecule has 3 aromatic rings. The van der Waals surface area contributed by atoms with Crippen molar-refractivity contribution in [3.63, 3.8) is 0 Å². The van der Waals surface area contributed by atoms with Crippen molar-refractivity contribution >= 4 is 67.7 Å². The van der Waals surface area contributed by atoms with Gasteiger partial charge in [-0.25, -0.2) is 19.6 Å². The molecule has 166 valence electrons. The van der Waals surface area contributed by atoms with Crippen LogP contribution in [-0.4, -0.2) is 23.7 Å². The number of ether oxygens (including phenoxy) is 2. The summed E-state index contributed by atoms with van der Waals surface area (Å²) in [5.41, 5.74) is 3.40. The van der Waals surface area contributed by atoms with E-state index in [0.29, 0.717) is 11.1 Å². The van der Waals surface area contributed by atoms with Crippen molar-refractivity contribution in [3.8, 4) is 0 Å². The Balaban J connectivity index is 1.34. The van der Waals surface area contributed by atoms with E-state index < -0.39 is 11.9 Å². The average molecular weight is 578 g/mol. The van der Waals surface area contributed by atoms with Gasteiger partial charge in [0, 0.05) is 20.1 Å². The Hall–Kier alpha value is -3.62. The number of hydrogen-bond donors (Lipinski definition) is 0. The molecule has 0 unspecified atom stereocenters. The molecule has 8 heteroatoms. The molecule has 0 bridgehead atoms. The summed E-state index contributed by atoms with van der Waals surface area (Å²) in [6.45, 7) is 0. The summed E-state index contributed by atoms with van der Waals surface area (Å²) >= 11 is 6.75. The molecule has 3 aromatic carbocycles. The van der Waals surface area contributed by atoms with Gasteiger partial charge in [0.1, 0.15) is 0 Å². The molecule has 2 aliphatic heterocycles. The fraction of sp³-hybridized carbons (Fsp3) is 0. The summed E-state index contributed by atoms with van der Waals surface area (Å²) in [5, 5.41) is 0. The van der Waals surface area contributed by atoms with E-state index in [4.69, 9.17) is 9.47 Å². The first-order chi connectivity index (χ1) is 16.4. The normalized spacial score (nSPS) is 17.6. The van der Waals surface area contributed by atoms with Crippen LogP contribution in [0, 0.1) is 0 Å². The van der Waals surface area contributed by atoms with Gasteiger partial charge in [-0.2, -0.15) is 0 Å². The monoisotopic (exact) mass is 576 g/mol. The summed E-state index contributed by atoms with van der Waals surface area (Å²) in [6.07, 6.45) is 3.30. The molecule has 0 saturated heterocycles. The summed E-state index contributed by atoms with van der Waals surface area (Å²) in [7, 11) is 0. The maximum absolute atomic E-state index is 12.2. The van der Waals surface area contributed by atoms with E-state index in [2.05, 4.69) is 41.8 Å². The van der Waals surface area contributed by atoms with Crippen LogP contribution in [0.15, 0.2) is 103 Å². The molecule has 0 N–H and O–H groups in total. The Morgan fingerprint density at radius 1 is 0.559 bits per heavy atom. The lowest BCUT2D eigenvalue weighted by Gasteiger charge is -1.98. The largest absolute Gasteiger partial charge is 0.402 e. The highest BCUT2D eigenvalue weighted by Crippen LogP contribution is 2.23. The standard InChI is InChI=1S/C26H14Br2N2O4/c27-19-9-5-17(6-10-19)23-29-21(25(31)33-23)13-15-1-2-16(4-3-15)14-22-26(32)34-24(30-22)18-7-11-20(28)12-8-18/h1-14H/b21-13-,22-14+. The number of rotatable bonds is 4. The van der Waals surface area contributed by atoms with E-state index in [9.17, 15) is 9.59 Å². The minimum atomic E-state index is -0.507. The Labute approximate surface area is 211 Å². The van der Waals surface area contributed by atoms with Crippen molar-refractivity contribution in [2.24, 2.45) is 9.98 Å². The molecule has 5 rings (SSSR count). The van der Waals surface area contributed by atoms with Crippen LogP contribution in [0.2, 0.25) is 0 Å². The smallest absolute Gasteiger partial charge is 0.363 e. The number of carbonyl (C=O) groups is 2. The molecule has 6 nitrogen and oxygen atoms in total. The Morgan fingerprint density at radius 3 is 1.26 bits per heavy atom. The van der Waals surface area contributed by atoms with Crippen molar-refractivity contribution in [1.82, 2.24) is 0 Å². The van der Waals surface area contributed by atoms with Crippen LogP contribution in [-0.2, 0) is 19.1 Å². The molecular weight excluding hydrogens is 564 g/mol. The second-order valence-corrected chi connectivity index (χ2v) is 9.18. The van der Waals surface area contributed by atoms with Crippen LogP contribution >= 0.6 is 31.9 Å². The third-order valence-corrected chi connectivity index (χ3v) is 6.02. The van der Waals surface area contributed by atoms with E-state index in [1.54, 1.807) is 12.2 Å². The lowest BCUT2D eigenvalue weighted by molar-refractivity contribution is -0.130. The quantitative estimate of drug-likeness (QED) is 0.286. The number of nitrogens with zero attached hydrogens (tertiary/aromatic N) is 2. The van der Waals surface area contributed by atoms with E-state index in [1.165, 1.54) is 0 Å². The molecule has 0 atom stereocenters. The number of cyclic esters (lactones) is 2. The van der Waals surface area contributed by atoms with Crippen molar-refractivity contribution in [1.29, 1.82) is 0 Å². The summed E-state index contributed by atoms with van der Waals surface area (Å²) in [6, 6.07) is 22.0. The van der Waals surface area contributed by atoms with E-state index >= 15 is 0 Å². The number of benzene rings is 3. The minimum absolute atomic E-state index is 0.215. The molecule has 0 aliphatic carbocycles. The van der Waals surface area contributed by atoms with E-state index in [-0.39, 0.29) is 23.2 Å². The zero-order chi connectivity index (χ0) is 23.7. The second kappa shape index (κ2) is 9.32. The number of carbonyl (C=O) groups excluding carboxylic acids is 2. The lowest BCUT2D eigenvalue weighted by atomic mass is 10.1. The second-order valence-electron chi connectivity index (χ2n) is 7.35. The summed E-state index contributed by atoms with van der Waals surface area (Å²) in [4.78, 5) is 33.1. The number of aliphatic imine (C=N–C) groups is 2. The predicted octanol–water partition coefficient (Wildman–Crippen LogP) is 5.90. The van der Waals surface area contributed by atoms with Gasteiger partial charge in [-0.15, -0.1) is 0 Å². The zero-order valence-electron chi connectivity index (χ0n) is 17.4. The first-order valence-electron chi connectivity index (χ1n) is 10.1. The fourth-order valence-electron chi connectivity index (χ4n) is 3.25. The van der Waals surface area contributed by atoms with Crippen LogP contribution < -0.4 is 0 Å².